The van der Waals surface area contributed by atoms with Crippen LogP contribution in [-0.4, -0.2) is 43.1 Å². The lowest BCUT2D eigenvalue weighted by molar-refractivity contribution is 0.0606. The van der Waals surface area contributed by atoms with Gasteiger partial charge in [0.25, 0.3) is 5.91 Å². The number of halogens is 1. The van der Waals surface area contributed by atoms with Crippen molar-refractivity contribution in [1.82, 2.24) is 24.6 Å². The van der Waals surface area contributed by atoms with E-state index in [1.54, 1.807) is 12.1 Å². The van der Waals surface area contributed by atoms with Crippen molar-refractivity contribution < 1.29 is 9.18 Å². The molecule has 2 aliphatic rings. The Labute approximate surface area is 185 Å². The molecule has 0 radical (unpaired) electrons. The van der Waals surface area contributed by atoms with E-state index in [0.717, 1.165) is 72.3 Å². The molecule has 8 heteroatoms. The summed E-state index contributed by atoms with van der Waals surface area (Å²) in [5.41, 5.74) is 1.30. The molecule has 3 aromatic rings. The molecule has 2 aliphatic heterocycles. The van der Waals surface area contributed by atoms with Crippen LogP contribution in [-0.2, 0) is 19.4 Å². The van der Waals surface area contributed by atoms with Crippen molar-refractivity contribution in [3.63, 3.8) is 0 Å². The third-order valence-corrected chi connectivity index (χ3v) is 7.18. The molecule has 0 aliphatic carbocycles. The normalized spacial score (nSPS) is 18.8. The largest absolute Gasteiger partial charge is 0.334 e. The average Bonchev–Trinajstić information content (AvgIpc) is 3.37. The summed E-state index contributed by atoms with van der Waals surface area (Å²) in [7, 11) is 0. The maximum Gasteiger partial charge on any atom is 0.274 e. The molecule has 1 aromatic carbocycles. The highest BCUT2D eigenvalue weighted by Crippen LogP contribution is 2.33. The van der Waals surface area contributed by atoms with Crippen molar-refractivity contribution in [2.24, 2.45) is 0 Å². The number of fused-ring (bicyclic) bond motifs is 1. The van der Waals surface area contributed by atoms with Crippen LogP contribution >= 0.6 is 11.3 Å². The maximum atomic E-state index is 13.6. The van der Waals surface area contributed by atoms with Gasteiger partial charge in [-0.3, -0.25) is 4.79 Å². The first kappa shape index (κ1) is 20.3. The lowest BCUT2D eigenvalue weighted by atomic mass is 9.98. The molecule has 1 atom stereocenters. The highest BCUT2D eigenvalue weighted by molar-refractivity contribution is 7.15. The van der Waals surface area contributed by atoms with Crippen LogP contribution < -0.4 is 0 Å². The zero-order valence-corrected chi connectivity index (χ0v) is 18.5. The minimum Gasteiger partial charge on any atom is -0.334 e. The minimum absolute atomic E-state index is 0.0441. The molecule has 1 unspecified atom stereocenters. The second-order valence-electron chi connectivity index (χ2n) is 8.39. The second kappa shape index (κ2) is 8.49. The first-order valence-electron chi connectivity index (χ1n) is 11.1. The van der Waals surface area contributed by atoms with Gasteiger partial charge >= 0.3 is 0 Å². The number of hydrogen-bond acceptors (Lipinski definition) is 5. The maximum absolute atomic E-state index is 13.6. The number of rotatable bonds is 4. The molecule has 0 saturated carbocycles. The zero-order valence-electron chi connectivity index (χ0n) is 17.7. The number of carbonyl (C=O) groups is 1. The number of piperidine rings is 1. The van der Waals surface area contributed by atoms with Gasteiger partial charge in [0.05, 0.1) is 9.88 Å². The Morgan fingerprint density at radius 1 is 1.13 bits per heavy atom. The summed E-state index contributed by atoms with van der Waals surface area (Å²) in [6.07, 6.45) is 7.03. The Kier molecular flexibility index (Phi) is 5.56. The molecule has 2 aromatic heterocycles. The van der Waals surface area contributed by atoms with Gasteiger partial charge in [-0.15, -0.1) is 11.3 Å². The van der Waals surface area contributed by atoms with Gasteiger partial charge in [-0.25, -0.2) is 19.0 Å². The third kappa shape index (κ3) is 4.13. The number of aryl methyl sites for hydroxylation is 3. The van der Waals surface area contributed by atoms with Crippen LogP contribution in [0.4, 0.5) is 4.39 Å². The quantitative estimate of drug-likeness (QED) is 0.604. The zero-order chi connectivity index (χ0) is 21.4. The van der Waals surface area contributed by atoms with E-state index in [1.165, 1.54) is 29.9 Å². The van der Waals surface area contributed by atoms with Gasteiger partial charge < -0.3 is 4.90 Å². The van der Waals surface area contributed by atoms with Gasteiger partial charge in [0.15, 0.2) is 5.82 Å². The molecular formula is C23H26FN5OS. The fourth-order valence-corrected chi connectivity index (χ4v) is 5.53. The SMILES string of the molecule is Cc1nc(C(=O)N2CCCCC2Cc2nc3n(n2)CCCC3)c(-c2ccc(F)cc2)s1. The summed E-state index contributed by atoms with van der Waals surface area (Å²) in [5, 5.41) is 5.54. The first-order chi connectivity index (χ1) is 15.1. The van der Waals surface area contributed by atoms with E-state index >= 15 is 0 Å². The summed E-state index contributed by atoms with van der Waals surface area (Å²) in [6.45, 7) is 3.56. The summed E-state index contributed by atoms with van der Waals surface area (Å²) in [4.78, 5) is 25.7. The lowest BCUT2D eigenvalue weighted by Crippen LogP contribution is -2.45. The standard InChI is InChI=1S/C23H26FN5OS/c1-15-25-21(22(31-15)16-8-10-17(24)11-9-16)23(30)28-12-4-2-6-18(28)14-19-26-20-7-3-5-13-29(20)27-19/h8-11,18H,2-7,12-14H2,1H3. The number of nitrogens with zero attached hydrogens (tertiary/aromatic N) is 5. The monoisotopic (exact) mass is 439 g/mol. The molecule has 31 heavy (non-hydrogen) atoms. The van der Waals surface area contributed by atoms with E-state index in [-0.39, 0.29) is 17.8 Å². The Bertz CT molecular complexity index is 1070. The van der Waals surface area contributed by atoms with Gasteiger partial charge in [0.2, 0.25) is 0 Å². The fraction of sp³-hybridized carbons (Fsp3) is 0.478. The molecule has 1 fully saturated rings. The predicted octanol–water partition coefficient (Wildman–Crippen LogP) is 4.42. The summed E-state index contributed by atoms with van der Waals surface area (Å²) < 4.78 is 15.4. The lowest BCUT2D eigenvalue weighted by Gasteiger charge is -2.35. The number of aromatic nitrogens is 4. The Hall–Kier alpha value is -2.61. The van der Waals surface area contributed by atoms with Crippen molar-refractivity contribution in [2.45, 2.75) is 64.5 Å². The highest BCUT2D eigenvalue weighted by Gasteiger charge is 2.32. The van der Waals surface area contributed by atoms with Crippen LogP contribution in [0.1, 0.15) is 59.2 Å². The number of hydrogen-bond donors (Lipinski definition) is 0. The molecular weight excluding hydrogens is 413 g/mol. The van der Waals surface area contributed by atoms with E-state index in [9.17, 15) is 9.18 Å². The molecule has 0 bridgehead atoms. The highest BCUT2D eigenvalue weighted by atomic mass is 32.1. The van der Waals surface area contributed by atoms with E-state index in [1.807, 2.05) is 16.5 Å². The van der Waals surface area contributed by atoms with Gasteiger partial charge in [0.1, 0.15) is 17.3 Å². The Morgan fingerprint density at radius 3 is 2.74 bits per heavy atom. The molecule has 1 amide bonds. The number of carbonyl (C=O) groups excluding carboxylic acids is 1. The molecule has 0 spiro atoms. The number of amides is 1. The number of likely N-dealkylation sites (tertiary alicyclic amines) is 1. The van der Waals surface area contributed by atoms with Crippen LogP contribution in [0.3, 0.4) is 0 Å². The Balaban J connectivity index is 1.41. The van der Waals surface area contributed by atoms with Crippen LogP contribution in [0.25, 0.3) is 10.4 Å². The van der Waals surface area contributed by atoms with E-state index in [4.69, 9.17) is 10.1 Å². The summed E-state index contributed by atoms with van der Waals surface area (Å²) in [5.74, 6) is 1.58. The van der Waals surface area contributed by atoms with Crippen molar-refractivity contribution in [3.05, 3.63) is 52.4 Å². The number of thiazole rings is 1. The van der Waals surface area contributed by atoms with E-state index in [0.29, 0.717) is 12.1 Å². The minimum atomic E-state index is -0.288. The molecule has 6 nitrogen and oxygen atoms in total. The van der Waals surface area contributed by atoms with Crippen LogP contribution in [0, 0.1) is 12.7 Å². The van der Waals surface area contributed by atoms with Crippen LogP contribution in [0.15, 0.2) is 24.3 Å². The third-order valence-electron chi connectivity index (χ3n) is 6.16. The van der Waals surface area contributed by atoms with E-state index in [2.05, 4.69) is 4.98 Å². The fourth-order valence-electron chi connectivity index (χ4n) is 4.62. The Morgan fingerprint density at radius 2 is 1.94 bits per heavy atom. The predicted molar refractivity (Wildman–Crippen MR) is 118 cm³/mol. The van der Waals surface area contributed by atoms with Crippen molar-refractivity contribution in [1.29, 1.82) is 0 Å². The summed E-state index contributed by atoms with van der Waals surface area (Å²) in [6, 6.07) is 6.36. The van der Waals surface area contributed by atoms with E-state index < -0.39 is 0 Å². The molecule has 4 heterocycles. The topological polar surface area (TPSA) is 63.9 Å². The van der Waals surface area contributed by atoms with Gasteiger partial charge in [-0.05, 0) is 56.7 Å². The average molecular weight is 440 g/mol. The van der Waals surface area contributed by atoms with Crippen molar-refractivity contribution in [3.8, 4) is 10.4 Å². The van der Waals surface area contributed by atoms with Crippen LogP contribution in [0.2, 0.25) is 0 Å². The van der Waals surface area contributed by atoms with Gasteiger partial charge in [0, 0.05) is 32.0 Å². The number of benzene rings is 1. The van der Waals surface area contributed by atoms with Gasteiger partial charge in [-0.2, -0.15) is 5.10 Å². The molecule has 162 valence electrons. The van der Waals surface area contributed by atoms with Crippen molar-refractivity contribution >= 4 is 17.2 Å². The van der Waals surface area contributed by atoms with Gasteiger partial charge in [-0.1, -0.05) is 12.1 Å². The van der Waals surface area contributed by atoms with Crippen molar-refractivity contribution in [2.75, 3.05) is 6.54 Å². The second-order valence-corrected chi connectivity index (χ2v) is 9.60. The smallest absolute Gasteiger partial charge is 0.274 e. The molecule has 0 N–H and O–H groups in total. The molecule has 5 rings (SSSR count). The van der Waals surface area contributed by atoms with Crippen LogP contribution in [0.5, 0.6) is 0 Å². The first-order valence-corrected chi connectivity index (χ1v) is 11.9. The summed E-state index contributed by atoms with van der Waals surface area (Å²) >= 11 is 1.48. The molecule has 1 saturated heterocycles.